The van der Waals surface area contributed by atoms with E-state index in [1.54, 1.807) is 37.3 Å². The lowest BCUT2D eigenvalue weighted by Crippen LogP contribution is -2.33. The molecule has 1 saturated heterocycles. The number of amides is 1. The van der Waals surface area contributed by atoms with Crippen LogP contribution < -0.4 is 4.74 Å². The standard InChI is InChI=1S/C18H19NO6S2/c1-2-24-16(22)8-5-9-25-13-7-4-3-6-12(13)10-14-17(23)19(11-15(20)21)18(26)27-14/h3-4,6-7,10H,2,5,8-9,11H2,1H3,(H,20,21). The second kappa shape index (κ2) is 10.1. The number of carboxylic acid groups (broad SMARTS) is 1. The maximum Gasteiger partial charge on any atom is 0.323 e. The highest BCUT2D eigenvalue weighted by Crippen LogP contribution is 2.34. The number of esters is 1. The summed E-state index contributed by atoms with van der Waals surface area (Å²) in [4.78, 5) is 36.0. The Morgan fingerprint density at radius 1 is 1.33 bits per heavy atom. The van der Waals surface area contributed by atoms with Gasteiger partial charge in [0.15, 0.2) is 0 Å². The molecule has 2 rings (SSSR count). The fourth-order valence-corrected chi connectivity index (χ4v) is 3.52. The van der Waals surface area contributed by atoms with Gasteiger partial charge in [-0.15, -0.1) is 0 Å². The van der Waals surface area contributed by atoms with E-state index in [0.717, 1.165) is 16.7 Å². The zero-order valence-electron chi connectivity index (χ0n) is 14.7. The second-order valence-electron chi connectivity index (χ2n) is 5.46. The SMILES string of the molecule is CCOC(=O)CCCOc1ccccc1C=C1SC(=S)N(CC(=O)O)C1=O. The van der Waals surface area contributed by atoms with Crippen molar-refractivity contribution in [1.29, 1.82) is 0 Å². The molecule has 27 heavy (non-hydrogen) atoms. The Kier molecular flexibility index (Phi) is 7.81. The van der Waals surface area contributed by atoms with Crippen molar-refractivity contribution in [1.82, 2.24) is 4.90 Å². The summed E-state index contributed by atoms with van der Waals surface area (Å²) in [6.07, 6.45) is 2.40. The van der Waals surface area contributed by atoms with E-state index in [2.05, 4.69) is 0 Å². The van der Waals surface area contributed by atoms with E-state index in [-0.39, 0.29) is 16.7 Å². The van der Waals surface area contributed by atoms with Gasteiger partial charge in [-0.2, -0.15) is 0 Å². The number of rotatable bonds is 9. The van der Waals surface area contributed by atoms with E-state index in [0.29, 0.717) is 35.9 Å². The molecule has 7 nitrogen and oxygen atoms in total. The highest BCUT2D eigenvalue weighted by Gasteiger charge is 2.33. The maximum atomic E-state index is 12.4. The summed E-state index contributed by atoms with van der Waals surface area (Å²) < 4.78 is 10.8. The van der Waals surface area contributed by atoms with Crippen molar-refractivity contribution in [3.8, 4) is 5.75 Å². The van der Waals surface area contributed by atoms with Crippen LogP contribution in [0.15, 0.2) is 29.2 Å². The van der Waals surface area contributed by atoms with Crippen LogP contribution in [0.5, 0.6) is 5.75 Å². The molecule has 0 bridgehead atoms. The number of hydrogen-bond donors (Lipinski definition) is 1. The first-order valence-electron chi connectivity index (χ1n) is 8.27. The van der Waals surface area contributed by atoms with Crippen molar-refractivity contribution in [3.05, 3.63) is 34.7 Å². The molecule has 1 heterocycles. The number of para-hydroxylation sites is 1. The normalized spacial score (nSPS) is 15.3. The lowest BCUT2D eigenvalue weighted by atomic mass is 10.2. The Labute approximate surface area is 166 Å². The molecule has 0 spiro atoms. The molecule has 1 aromatic rings. The number of nitrogens with zero attached hydrogens (tertiary/aromatic N) is 1. The molecular weight excluding hydrogens is 390 g/mol. The lowest BCUT2D eigenvalue weighted by molar-refractivity contribution is -0.143. The summed E-state index contributed by atoms with van der Waals surface area (Å²) in [6, 6.07) is 7.14. The molecule has 0 atom stereocenters. The molecule has 0 unspecified atom stereocenters. The summed E-state index contributed by atoms with van der Waals surface area (Å²) in [5.41, 5.74) is 0.671. The van der Waals surface area contributed by atoms with Gasteiger partial charge in [-0.1, -0.05) is 42.2 Å². The number of carbonyl (C=O) groups is 3. The fourth-order valence-electron chi connectivity index (χ4n) is 2.28. The van der Waals surface area contributed by atoms with Crippen LogP contribution in [0.2, 0.25) is 0 Å². The molecule has 0 radical (unpaired) electrons. The highest BCUT2D eigenvalue weighted by atomic mass is 32.2. The van der Waals surface area contributed by atoms with E-state index in [4.69, 9.17) is 26.8 Å². The average molecular weight is 409 g/mol. The molecule has 0 aliphatic carbocycles. The van der Waals surface area contributed by atoms with Gasteiger partial charge in [0, 0.05) is 12.0 Å². The van der Waals surface area contributed by atoms with Crippen LogP contribution >= 0.6 is 24.0 Å². The summed E-state index contributed by atoms with van der Waals surface area (Å²) in [7, 11) is 0. The third-order valence-electron chi connectivity index (χ3n) is 3.46. The third-order valence-corrected chi connectivity index (χ3v) is 4.84. The maximum absolute atomic E-state index is 12.4. The van der Waals surface area contributed by atoms with E-state index >= 15 is 0 Å². The predicted octanol–water partition coefficient (Wildman–Crippen LogP) is 2.69. The molecule has 0 saturated carbocycles. The largest absolute Gasteiger partial charge is 0.493 e. The van der Waals surface area contributed by atoms with Crippen molar-refractivity contribution in [2.45, 2.75) is 19.8 Å². The summed E-state index contributed by atoms with van der Waals surface area (Å²) in [5, 5.41) is 8.89. The Balaban J connectivity index is 2.04. The molecule has 1 aliphatic rings. The van der Waals surface area contributed by atoms with Crippen LogP contribution in [-0.2, 0) is 19.1 Å². The zero-order chi connectivity index (χ0) is 19.8. The number of carbonyl (C=O) groups excluding carboxylic acids is 2. The van der Waals surface area contributed by atoms with Gasteiger partial charge in [-0.25, -0.2) is 0 Å². The van der Waals surface area contributed by atoms with Crippen LogP contribution in [0.1, 0.15) is 25.3 Å². The van der Waals surface area contributed by atoms with Crippen LogP contribution in [0, 0.1) is 0 Å². The quantitative estimate of drug-likeness (QED) is 0.288. The number of carboxylic acids is 1. The second-order valence-corrected chi connectivity index (χ2v) is 7.13. The molecule has 0 aromatic heterocycles. The minimum atomic E-state index is -1.13. The van der Waals surface area contributed by atoms with Gasteiger partial charge < -0.3 is 14.6 Å². The Morgan fingerprint density at radius 2 is 2.07 bits per heavy atom. The van der Waals surface area contributed by atoms with Crippen molar-refractivity contribution in [2.75, 3.05) is 19.8 Å². The Hall–Kier alpha value is -2.39. The number of benzene rings is 1. The molecule has 1 N–H and O–H groups in total. The van der Waals surface area contributed by atoms with E-state index in [1.165, 1.54) is 0 Å². The molecule has 1 aromatic carbocycles. The van der Waals surface area contributed by atoms with Crippen molar-refractivity contribution < 1.29 is 29.0 Å². The van der Waals surface area contributed by atoms with Crippen molar-refractivity contribution in [3.63, 3.8) is 0 Å². The molecule has 144 valence electrons. The number of aliphatic carboxylic acids is 1. The van der Waals surface area contributed by atoms with Crippen molar-refractivity contribution in [2.24, 2.45) is 0 Å². The van der Waals surface area contributed by atoms with Gasteiger partial charge in [0.2, 0.25) is 0 Å². The topological polar surface area (TPSA) is 93.1 Å². The van der Waals surface area contributed by atoms with Gasteiger partial charge in [0.05, 0.1) is 18.1 Å². The number of hydrogen-bond acceptors (Lipinski definition) is 7. The Morgan fingerprint density at radius 3 is 2.78 bits per heavy atom. The van der Waals surface area contributed by atoms with Gasteiger partial charge in [-0.05, 0) is 25.5 Å². The first-order chi connectivity index (χ1) is 12.9. The monoisotopic (exact) mass is 409 g/mol. The first kappa shape index (κ1) is 20.9. The summed E-state index contributed by atoms with van der Waals surface area (Å²) in [5.74, 6) is -1.27. The van der Waals surface area contributed by atoms with Gasteiger partial charge in [-0.3, -0.25) is 19.3 Å². The third kappa shape index (κ3) is 6.07. The molecule has 1 fully saturated rings. The van der Waals surface area contributed by atoms with Crippen molar-refractivity contribution >= 4 is 52.2 Å². The Bertz CT molecular complexity index is 777. The zero-order valence-corrected chi connectivity index (χ0v) is 16.3. The smallest absolute Gasteiger partial charge is 0.323 e. The van der Waals surface area contributed by atoms with Gasteiger partial charge >= 0.3 is 11.9 Å². The number of thioether (sulfide) groups is 1. The van der Waals surface area contributed by atoms with Gasteiger partial charge in [0.1, 0.15) is 16.6 Å². The minimum Gasteiger partial charge on any atom is -0.493 e. The van der Waals surface area contributed by atoms with Crippen LogP contribution in [0.25, 0.3) is 6.08 Å². The van der Waals surface area contributed by atoms with Crippen LogP contribution in [0.3, 0.4) is 0 Å². The molecule has 9 heteroatoms. The molecule has 1 aliphatic heterocycles. The minimum absolute atomic E-state index is 0.210. The van der Waals surface area contributed by atoms with Gasteiger partial charge in [0.25, 0.3) is 5.91 Å². The van der Waals surface area contributed by atoms with Crippen LogP contribution in [0.4, 0.5) is 0 Å². The molecular formula is C18H19NO6S2. The number of ether oxygens (including phenoxy) is 2. The van der Waals surface area contributed by atoms with Crippen LogP contribution in [-0.4, -0.2) is 51.9 Å². The summed E-state index contributed by atoms with van der Waals surface area (Å²) in [6.45, 7) is 1.96. The van der Waals surface area contributed by atoms with E-state index < -0.39 is 18.4 Å². The van der Waals surface area contributed by atoms with E-state index in [1.807, 2.05) is 0 Å². The highest BCUT2D eigenvalue weighted by molar-refractivity contribution is 8.26. The average Bonchev–Trinajstić information content (AvgIpc) is 2.87. The van der Waals surface area contributed by atoms with E-state index in [9.17, 15) is 14.4 Å². The predicted molar refractivity (Wildman–Crippen MR) is 105 cm³/mol. The molecule has 1 amide bonds. The lowest BCUT2D eigenvalue weighted by Gasteiger charge is -2.11. The summed E-state index contributed by atoms with van der Waals surface area (Å²) >= 11 is 6.14. The fraction of sp³-hybridized carbons (Fsp3) is 0.333. The first-order valence-corrected chi connectivity index (χ1v) is 9.49. The number of thiocarbonyl (C=S) groups is 1.